The smallest absolute Gasteiger partial charge is 0.335 e. The predicted molar refractivity (Wildman–Crippen MR) is 64.2 cm³/mol. The molecule has 0 fully saturated rings. The molecule has 5 nitrogen and oxygen atoms in total. The minimum Gasteiger partial charge on any atom is -0.545 e. The fraction of sp³-hybridized carbons (Fsp3) is 0. The van der Waals surface area contributed by atoms with Crippen molar-refractivity contribution in [3.05, 3.63) is 59.7 Å². The number of carboxylic acid groups (broad SMARTS) is 2. The summed E-state index contributed by atoms with van der Waals surface area (Å²) in [5.41, 5.74) is 0.230. The van der Waals surface area contributed by atoms with E-state index in [-0.39, 0.29) is 11.1 Å². The molecular formula is C14H9O5-. The quantitative estimate of drug-likeness (QED) is 0.897. The molecule has 0 bridgehead atoms. The molecule has 2 rings (SSSR count). The van der Waals surface area contributed by atoms with Gasteiger partial charge in [-0.3, -0.25) is 0 Å². The van der Waals surface area contributed by atoms with E-state index in [9.17, 15) is 14.7 Å². The van der Waals surface area contributed by atoms with Crippen LogP contribution in [0.15, 0.2) is 48.5 Å². The molecule has 0 aliphatic carbocycles. The van der Waals surface area contributed by atoms with E-state index in [1.807, 2.05) is 0 Å². The summed E-state index contributed by atoms with van der Waals surface area (Å²) in [6.07, 6.45) is 0. The summed E-state index contributed by atoms with van der Waals surface area (Å²) in [5.74, 6) is -1.35. The zero-order chi connectivity index (χ0) is 13.8. The number of ether oxygens (including phenoxy) is 1. The van der Waals surface area contributed by atoms with Crippen molar-refractivity contribution in [3.8, 4) is 11.5 Å². The van der Waals surface area contributed by atoms with Crippen LogP contribution in [0.25, 0.3) is 0 Å². The second-order valence-electron chi connectivity index (χ2n) is 3.74. The molecule has 2 aromatic carbocycles. The van der Waals surface area contributed by atoms with Crippen molar-refractivity contribution >= 4 is 11.9 Å². The Kier molecular flexibility index (Phi) is 3.47. The van der Waals surface area contributed by atoms with Crippen LogP contribution >= 0.6 is 0 Å². The number of rotatable bonds is 4. The Bertz CT molecular complexity index is 543. The third-order valence-electron chi connectivity index (χ3n) is 2.43. The number of benzene rings is 2. The van der Waals surface area contributed by atoms with E-state index in [0.29, 0.717) is 11.5 Å². The van der Waals surface area contributed by atoms with E-state index in [2.05, 4.69) is 0 Å². The van der Waals surface area contributed by atoms with Crippen molar-refractivity contribution in [3.63, 3.8) is 0 Å². The van der Waals surface area contributed by atoms with Crippen LogP contribution in [-0.2, 0) is 0 Å². The molecule has 5 heteroatoms. The predicted octanol–water partition coefficient (Wildman–Crippen LogP) is 1.54. The monoisotopic (exact) mass is 257 g/mol. The van der Waals surface area contributed by atoms with E-state index in [1.54, 1.807) is 0 Å². The van der Waals surface area contributed by atoms with Crippen LogP contribution in [0, 0.1) is 0 Å². The highest BCUT2D eigenvalue weighted by molar-refractivity contribution is 5.87. The maximum atomic E-state index is 10.7. The number of aromatic carboxylic acids is 2. The van der Waals surface area contributed by atoms with Crippen LogP contribution in [0.4, 0.5) is 0 Å². The highest BCUT2D eigenvalue weighted by atomic mass is 16.5. The standard InChI is InChI=1S/C14H10O5/c15-13(16)9-1-5-11(6-2-9)19-12-7-3-10(4-8-12)14(17)18/h1-8H,(H,15,16)(H,17,18)/p-1. The lowest BCUT2D eigenvalue weighted by Gasteiger charge is -2.07. The lowest BCUT2D eigenvalue weighted by atomic mass is 10.2. The van der Waals surface area contributed by atoms with E-state index in [0.717, 1.165) is 0 Å². The topological polar surface area (TPSA) is 86.7 Å². The highest BCUT2D eigenvalue weighted by Crippen LogP contribution is 2.22. The average Bonchev–Trinajstić information content (AvgIpc) is 2.40. The van der Waals surface area contributed by atoms with Gasteiger partial charge in [0.25, 0.3) is 0 Å². The van der Waals surface area contributed by atoms with Gasteiger partial charge in [0, 0.05) is 0 Å². The molecule has 0 aromatic heterocycles. The maximum absolute atomic E-state index is 10.7. The van der Waals surface area contributed by atoms with E-state index < -0.39 is 11.9 Å². The summed E-state index contributed by atoms with van der Waals surface area (Å²) < 4.78 is 5.44. The van der Waals surface area contributed by atoms with Crippen LogP contribution < -0.4 is 9.84 Å². The van der Waals surface area contributed by atoms with Crippen LogP contribution in [0.1, 0.15) is 20.7 Å². The molecule has 0 heterocycles. The van der Waals surface area contributed by atoms with Gasteiger partial charge in [0.2, 0.25) is 0 Å². The van der Waals surface area contributed by atoms with Crippen LogP contribution in [0.2, 0.25) is 0 Å². The third kappa shape index (κ3) is 3.10. The number of hydrogen-bond acceptors (Lipinski definition) is 4. The summed E-state index contributed by atoms with van der Waals surface area (Å²) in [7, 11) is 0. The lowest BCUT2D eigenvalue weighted by molar-refractivity contribution is -0.255. The van der Waals surface area contributed by atoms with Crippen molar-refractivity contribution in [2.24, 2.45) is 0 Å². The molecule has 96 valence electrons. The molecule has 0 unspecified atom stereocenters. The summed E-state index contributed by atoms with van der Waals surface area (Å²) in [6.45, 7) is 0. The first kappa shape index (κ1) is 12.6. The van der Waals surface area contributed by atoms with Gasteiger partial charge < -0.3 is 19.7 Å². The van der Waals surface area contributed by atoms with Gasteiger partial charge in [-0.15, -0.1) is 0 Å². The minimum atomic E-state index is -1.25. The fourth-order valence-electron chi connectivity index (χ4n) is 1.46. The van der Waals surface area contributed by atoms with Crippen molar-refractivity contribution < 1.29 is 24.5 Å². The average molecular weight is 257 g/mol. The molecule has 2 aromatic rings. The number of hydrogen-bond donors (Lipinski definition) is 1. The van der Waals surface area contributed by atoms with Crippen molar-refractivity contribution in [1.29, 1.82) is 0 Å². The molecule has 0 spiro atoms. The molecule has 0 amide bonds. The Labute approximate surface area is 108 Å². The summed E-state index contributed by atoms with van der Waals surface area (Å²) >= 11 is 0. The second-order valence-corrected chi connectivity index (χ2v) is 3.74. The van der Waals surface area contributed by atoms with Gasteiger partial charge in [0.05, 0.1) is 11.5 Å². The summed E-state index contributed by atoms with van der Waals surface area (Å²) in [6, 6.07) is 11.6. The molecular weight excluding hydrogens is 248 g/mol. The largest absolute Gasteiger partial charge is 0.545 e. The first-order chi connectivity index (χ1) is 9.06. The van der Waals surface area contributed by atoms with Crippen LogP contribution in [-0.4, -0.2) is 17.0 Å². The first-order valence-electron chi connectivity index (χ1n) is 5.39. The van der Waals surface area contributed by atoms with Gasteiger partial charge in [0.15, 0.2) is 0 Å². The lowest BCUT2D eigenvalue weighted by Crippen LogP contribution is -2.21. The zero-order valence-corrected chi connectivity index (χ0v) is 9.70. The number of carbonyl (C=O) groups is 2. The first-order valence-corrected chi connectivity index (χ1v) is 5.39. The minimum absolute atomic E-state index is 0.0635. The normalized spacial score (nSPS) is 9.89. The second kappa shape index (κ2) is 5.22. The molecule has 19 heavy (non-hydrogen) atoms. The van der Waals surface area contributed by atoms with Crippen molar-refractivity contribution in [1.82, 2.24) is 0 Å². The summed E-state index contributed by atoms with van der Waals surface area (Å²) in [5, 5.41) is 19.3. The number of carbonyl (C=O) groups excluding carboxylic acids is 1. The SMILES string of the molecule is O=C([O-])c1ccc(Oc2ccc(C(=O)O)cc2)cc1. The molecule has 0 radical (unpaired) electrons. The molecule has 0 atom stereocenters. The molecule has 0 aliphatic rings. The van der Waals surface area contributed by atoms with Gasteiger partial charge in [0.1, 0.15) is 11.5 Å². The Balaban J connectivity index is 2.12. The Hall–Kier alpha value is -2.82. The van der Waals surface area contributed by atoms with Gasteiger partial charge in [-0.2, -0.15) is 0 Å². The Morgan fingerprint density at radius 2 is 1.26 bits per heavy atom. The van der Waals surface area contributed by atoms with Gasteiger partial charge in [-0.1, -0.05) is 0 Å². The number of carboxylic acids is 2. The molecule has 0 aliphatic heterocycles. The van der Waals surface area contributed by atoms with Crippen molar-refractivity contribution in [2.45, 2.75) is 0 Å². The van der Waals surface area contributed by atoms with E-state index in [4.69, 9.17) is 9.84 Å². The van der Waals surface area contributed by atoms with Crippen LogP contribution in [0.5, 0.6) is 11.5 Å². The Morgan fingerprint density at radius 1 is 0.842 bits per heavy atom. The Morgan fingerprint density at radius 3 is 1.63 bits per heavy atom. The van der Waals surface area contributed by atoms with E-state index >= 15 is 0 Å². The molecule has 0 saturated heterocycles. The maximum Gasteiger partial charge on any atom is 0.335 e. The fourth-order valence-corrected chi connectivity index (χ4v) is 1.46. The van der Waals surface area contributed by atoms with Crippen LogP contribution in [0.3, 0.4) is 0 Å². The van der Waals surface area contributed by atoms with E-state index in [1.165, 1.54) is 48.5 Å². The third-order valence-corrected chi connectivity index (χ3v) is 2.43. The van der Waals surface area contributed by atoms with Gasteiger partial charge in [-0.05, 0) is 54.1 Å². The van der Waals surface area contributed by atoms with Gasteiger partial charge in [-0.25, -0.2) is 4.79 Å². The highest BCUT2D eigenvalue weighted by Gasteiger charge is 2.03. The molecule has 0 saturated carbocycles. The van der Waals surface area contributed by atoms with Crippen molar-refractivity contribution in [2.75, 3.05) is 0 Å². The zero-order valence-electron chi connectivity index (χ0n) is 9.70. The van der Waals surface area contributed by atoms with Gasteiger partial charge >= 0.3 is 5.97 Å². The summed E-state index contributed by atoms with van der Waals surface area (Å²) in [4.78, 5) is 21.2. The molecule has 1 N–H and O–H groups in total.